The molecule has 2 aromatic carbocycles. The number of piperidine rings is 1. The molecule has 15 heteroatoms. The average Bonchev–Trinajstić information content (AvgIpc) is 2.99. The summed E-state index contributed by atoms with van der Waals surface area (Å²) in [5.41, 5.74) is 6.97. The molecule has 11 nitrogen and oxygen atoms in total. The average molecular weight is 623 g/mol. The number of amides is 1. The highest BCUT2D eigenvalue weighted by Gasteiger charge is 2.45. The number of nitro groups is 1. The molecule has 2 aromatic rings. The van der Waals surface area contributed by atoms with Gasteiger partial charge in [0.1, 0.15) is 5.56 Å². The van der Waals surface area contributed by atoms with E-state index in [-0.39, 0.29) is 30.2 Å². The van der Waals surface area contributed by atoms with Crippen LogP contribution in [-0.4, -0.2) is 78.5 Å². The van der Waals surface area contributed by atoms with Crippen LogP contribution in [0.25, 0.3) is 10.4 Å². The Kier molecular flexibility index (Phi) is 9.93. The SMILES string of the molecule is CC(N1CCN(c2ccc(Cl)cc2)CC1)C(C)(CN=[N+]=[N-])C(=O)N1CCC(Nc2ccc([N+](=O)[O-])c(C(F)(F)F)c2)CC1. The van der Waals surface area contributed by atoms with Gasteiger partial charge in [0.25, 0.3) is 5.69 Å². The molecule has 2 fully saturated rings. The number of alkyl halides is 3. The van der Waals surface area contributed by atoms with E-state index in [9.17, 15) is 28.1 Å². The second-order valence-corrected chi connectivity index (χ2v) is 11.6. The molecule has 0 saturated carbocycles. The van der Waals surface area contributed by atoms with E-state index in [0.29, 0.717) is 44.0 Å². The normalized spacial score (nSPS) is 18.8. The van der Waals surface area contributed by atoms with Crippen LogP contribution < -0.4 is 10.2 Å². The van der Waals surface area contributed by atoms with Gasteiger partial charge in [0.05, 0.1) is 10.3 Å². The second-order valence-electron chi connectivity index (χ2n) is 11.2. The van der Waals surface area contributed by atoms with Gasteiger partial charge in [0.2, 0.25) is 5.91 Å². The number of piperazine rings is 1. The Morgan fingerprint density at radius 2 is 1.77 bits per heavy atom. The van der Waals surface area contributed by atoms with Gasteiger partial charge < -0.3 is 15.1 Å². The second kappa shape index (κ2) is 13.3. The Morgan fingerprint density at radius 1 is 1.14 bits per heavy atom. The smallest absolute Gasteiger partial charge is 0.382 e. The zero-order valence-corrected chi connectivity index (χ0v) is 24.7. The van der Waals surface area contributed by atoms with Crippen molar-refractivity contribution < 1.29 is 22.9 Å². The quantitative estimate of drug-likeness (QED) is 0.117. The minimum absolute atomic E-state index is 0.0118. The summed E-state index contributed by atoms with van der Waals surface area (Å²) < 4.78 is 40.2. The Bertz CT molecular complexity index is 1360. The minimum Gasteiger partial charge on any atom is -0.382 e. The van der Waals surface area contributed by atoms with Gasteiger partial charge in [-0.25, -0.2) is 0 Å². The molecule has 0 spiro atoms. The number of nitrogens with one attached hydrogen (secondary N) is 1. The van der Waals surface area contributed by atoms with Gasteiger partial charge in [-0.15, -0.1) is 0 Å². The fourth-order valence-corrected chi connectivity index (χ4v) is 5.94. The topological polar surface area (TPSA) is 131 Å². The number of nitro benzene ring substituents is 1. The van der Waals surface area contributed by atoms with Crippen LogP contribution >= 0.6 is 11.6 Å². The first-order chi connectivity index (χ1) is 20.3. The first-order valence-electron chi connectivity index (χ1n) is 14.0. The highest BCUT2D eigenvalue weighted by molar-refractivity contribution is 6.30. The summed E-state index contributed by atoms with van der Waals surface area (Å²) in [4.78, 5) is 33.1. The Morgan fingerprint density at radius 3 is 2.33 bits per heavy atom. The van der Waals surface area contributed by atoms with Gasteiger partial charge in [-0.1, -0.05) is 16.7 Å². The summed E-state index contributed by atoms with van der Waals surface area (Å²) in [5.74, 6) is -0.138. The fraction of sp³-hybridized carbons (Fsp3) is 0.536. The van der Waals surface area contributed by atoms with Crippen LogP contribution in [0.1, 0.15) is 32.3 Å². The summed E-state index contributed by atoms with van der Waals surface area (Å²) in [7, 11) is 0. The molecule has 0 bridgehead atoms. The van der Waals surface area contributed by atoms with Crippen molar-refractivity contribution >= 4 is 34.6 Å². The van der Waals surface area contributed by atoms with E-state index in [1.807, 2.05) is 38.1 Å². The lowest BCUT2D eigenvalue weighted by atomic mass is 9.79. The van der Waals surface area contributed by atoms with Crippen LogP contribution in [-0.2, 0) is 11.0 Å². The molecular formula is C28H34ClF3N8O3. The number of benzene rings is 2. The van der Waals surface area contributed by atoms with Crippen molar-refractivity contribution in [3.8, 4) is 0 Å². The molecule has 2 aliphatic rings. The van der Waals surface area contributed by atoms with E-state index in [0.717, 1.165) is 30.9 Å². The first-order valence-corrected chi connectivity index (χ1v) is 14.4. The number of halogens is 4. The summed E-state index contributed by atoms with van der Waals surface area (Å²) in [6.45, 7) is 7.44. The van der Waals surface area contributed by atoms with Crippen LogP contribution in [0.5, 0.6) is 0 Å². The molecular weight excluding hydrogens is 589 g/mol. The molecule has 0 radical (unpaired) electrons. The number of hydrogen-bond acceptors (Lipinski definition) is 7. The van der Waals surface area contributed by atoms with Gasteiger partial charge in [0.15, 0.2) is 0 Å². The summed E-state index contributed by atoms with van der Waals surface area (Å²) in [6, 6.07) is 10.1. The maximum Gasteiger partial charge on any atom is 0.423 e. The lowest BCUT2D eigenvalue weighted by Gasteiger charge is -2.47. The molecule has 0 aromatic heterocycles. The van der Waals surface area contributed by atoms with Crippen LogP contribution in [0.4, 0.5) is 30.2 Å². The van der Waals surface area contributed by atoms with Crippen molar-refractivity contribution in [2.24, 2.45) is 10.5 Å². The van der Waals surface area contributed by atoms with Crippen LogP contribution in [0.2, 0.25) is 5.02 Å². The van der Waals surface area contributed by atoms with E-state index in [4.69, 9.17) is 17.1 Å². The molecule has 2 unspecified atom stereocenters. The predicted octanol–water partition coefficient (Wildman–Crippen LogP) is 6.20. The van der Waals surface area contributed by atoms with Crippen molar-refractivity contribution in [2.75, 3.05) is 56.0 Å². The molecule has 43 heavy (non-hydrogen) atoms. The number of carbonyl (C=O) groups is 1. The Balaban J connectivity index is 1.39. The third-order valence-corrected chi connectivity index (χ3v) is 8.83. The van der Waals surface area contributed by atoms with Crippen LogP contribution in [0, 0.1) is 15.5 Å². The molecule has 4 rings (SSSR count). The molecule has 0 aliphatic carbocycles. The van der Waals surface area contributed by atoms with E-state index < -0.39 is 27.8 Å². The molecule has 2 heterocycles. The summed E-state index contributed by atoms with van der Waals surface area (Å²) in [5, 5.41) is 18.6. The number of hydrogen-bond donors (Lipinski definition) is 1. The minimum atomic E-state index is -4.87. The molecule has 232 valence electrons. The predicted molar refractivity (Wildman–Crippen MR) is 158 cm³/mol. The number of nitrogens with zero attached hydrogens (tertiary/aromatic N) is 7. The van der Waals surface area contributed by atoms with Crippen LogP contribution in [0.15, 0.2) is 47.6 Å². The zero-order chi connectivity index (χ0) is 31.4. The number of likely N-dealkylation sites (tertiary alicyclic amines) is 1. The lowest BCUT2D eigenvalue weighted by molar-refractivity contribution is -0.388. The van der Waals surface area contributed by atoms with Gasteiger partial charge in [-0.2, -0.15) is 13.2 Å². The zero-order valence-electron chi connectivity index (χ0n) is 23.9. The largest absolute Gasteiger partial charge is 0.423 e. The van der Waals surface area contributed by atoms with Crippen molar-refractivity contribution in [3.63, 3.8) is 0 Å². The highest BCUT2D eigenvalue weighted by Crippen LogP contribution is 2.38. The van der Waals surface area contributed by atoms with E-state index in [1.165, 1.54) is 6.07 Å². The third kappa shape index (κ3) is 7.43. The fourth-order valence-electron chi connectivity index (χ4n) is 5.82. The standard InChI is InChI=1S/C28H34ClF3N8O3/c1-19(37-13-15-38(16-14-37)23-6-3-20(29)4-7-23)27(2,18-34-36-33)26(41)39-11-9-21(10-12-39)35-22-5-8-25(40(42)43)24(17-22)28(30,31)32/h3-8,17,19,21,35H,9-16,18H2,1-2H3. The number of rotatable bonds is 9. The van der Waals surface area contributed by atoms with Crippen molar-refractivity contribution in [1.82, 2.24) is 9.80 Å². The number of anilines is 2. The Hall–Kier alpha value is -3.74. The van der Waals surface area contributed by atoms with Crippen molar-refractivity contribution in [3.05, 3.63) is 73.6 Å². The van der Waals surface area contributed by atoms with Gasteiger partial charge in [0, 0.05) is 85.3 Å². The van der Waals surface area contributed by atoms with Gasteiger partial charge >= 0.3 is 6.18 Å². The van der Waals surface area contributed by atoms with Crippen molar-refractivity contribution in [1.29, 1.82) is 0 Å². The molecule has 2 aliphatic heterocycles. The van der Waals surface area contributed by atoms with E-state index in [2.05, 4.69) is 25.1 Å². The number of azide groups is 1. The van der Waals surface area contributed by atoms with Crippen molar-refractivity contribution in [2.45, 2.75) is 44.9 Å². The molecule has 2 atom stereocenters. The van der Waals surface area contributed by atoms with E-state index in [1.54, 1.807) is 4.90 Å². The maximum absolute atomic E-state index is 13.9. The molecule has 2 saturated heterocycles. The summed E-state index contributed by atoms with van der Waals surface area (Å²) in [6.07, 6.45) is -3.93. The third-order valence-electron chi connectivity index (χ3n) is 8.58. The monoisotopic (exact) mass is 622 g/mol. The Labute approximate surface area is 252 Å². The lowest BCUT2D eigenvalue weighted by Crippen LogP contribution is -2.60. The number of carbonyl (C=O) groups excluding carboxylic acids is 1. The highest BCUT2D eigenvalue weighted by atomic mass is 35.5. The van der Waals surface area contributed by atoms with Crippen LogP contribution in [0.3, 0.4) is 0 Å². The molecule has 1 N–H and O–H groups in total. The van der Waals surface area contributed by atoms with Gasteiger partial charge in [-0.3, -0.25) is 19.8 Å². The van der Waals surface area contributed by atoms with Gasteiger partial charge in [-0.05, 0) is 68.6 Å². The van der Waals surface area contributed by atoms with E-state index >= 15 is 0 Å². The maximum atomic E-state index is 13.9. The summed E-state index contributed by atoms with van der Waals surface area (Å²) >= 11 is 6.02. The molecule has 1 amide bonds. The first kappa shape index (κ1) is 32.2.